The number of hydrogen-bond donors (Lipinski definition) is 4. The first-order chi connectivity index (χ1) is 9.38. The Hall–Kier alpha value is -2.25. The van der Waals surface area contributed by atoms with Crippen molar-refractivity contribution in [2.75, 3.05) is 5.32 Å². The van der Waals surface area contributed by atoms with Gasteiger partial charge in [-0.05, 0) is 30.3 Å². The number of rotatable bonds is 4. The minimum atomic E-state index is -3.70. The first-order valence-electron chi connectivity index (χ1n) is 5.74. The number of sulfonamides is 1. The molecular formula is C13H14N2O4S. The summed E-state index contributed by atoms with van der Waals surface area (Å²) < 4.78 is 22.2. The van der Waals surface area contributed by atoms with Gasteiger partial charge in [-0.1, -0.05) is 12.1 Å². The van der Waals surface area contributed by atoms with Crippen LogP contribution in [0.2, 0.25) is 0 Å². The third-order valence-electron chi connectivity index (χ3n) is 2.76. The number of phenols is 2. The molecule has 0 atom stereocenters. The lowest BCUT2D eigenvalue weighted by atomic mass is 10.2. The largest absolute Gasteiger partial charge is 0.504 e. The van der Waals surface area contributed by atoms with Crippen LogP contribution in [0.15, 0.2) is 47.4 Å². The van der Waals surface area contributed by atoms with Crippen LogP contribution in [-0.4, -0.2) is 18.6 Å². The van der Waals surface area contributed by atoms with Crippen molar-refractivity contribution < 1.29 is 18.6 Å². The van der Waals surface area contributed by atoms with Crippen LogP contribution < -0.4 is 10.5 Å². The number of anilines is 1. The third kappa shape index (κ3) is 3.19. The molecular weight excluding hydrogens is 280 g/mol. The van der Waals surface area contributed by atoms with Gasteiger partial charge in [-0.15, -0.1) is 0 Å². The molecule has 0 saturated carbocycles. The van der Waals surface area contributed by atoms with E-state index in [1.165, 1.54) is 18.2 Å². The Morgan fingerprint density at radius 2 is 1.70 bits per heavy atom. The zero-order valence-electron chi connectivity index (χ0n) is 10.4. The van der Waals surface area contributed by atoms with Crippen LogP contribution in [0.3, 0.4) is 0 Å². The first kappa shape index (κ1) is 14.2. The van der Waals surface area contributed by atoms with E-state index in [-0.39, 0.29) is 22.9 Å². The van der Waals surface area contributed by atoms with E-state index in [9.17, 15) is 18.6 Å². The molecule has 0 amide bonds. The number of benzene rings is 2. The van der Waals surface area contributed by atoms with Gasteiger partial charge >= 0.3 is 0 Å². The average Bonchev–Trinajstić information content (AvgIpc) is 2.40. The number of nitrogens with two attached hydrogens (primary N) is 1. The smallest absolute Gasteiger partial charge is 0.238 e. The van der Waals surface area contributed by atoms with Crippen molar-refractivity contribution in [3.8, 4) is 11.5 Å². The molecule has 0 radical (unpaired) electrons. The van der Waals surface area contributed by atoms with E-state index in [2.05, 4.69) is 5.32 Å². The van der Waals surface area contributed by atoms with Crippen molar-refractivity contribution in [1.29, 1.82) is 0 Å². The Balaban J connectivity index is 2.10. The van der Waals surface area contributed by atoms with Crippen LogP contribution in [0.4, 0.5) is 5.69 Å². The van der Waals surface area contributed by atoms with Crippen LogP contribution >= 0.6 is 0 Å². The molecule has 0 saturated heterocycles. The summed E-state index contributed by atoms with van der Waals surface area (Å²) in [4.78, 5) is 0.0308. The molecule has 6 nitrogen and oxygen atoms in total. The molecule has 5 N–H and O–H groups in total. The number of para-hydroxylation sites is 1. The molecule has 0 heterocycles. The van der Waals surface area contributed by atoms with Crippen LogP contribution in [0.1, 0.15) is 5.56 Å². The summed E-state index contributed by atoms with van der Waals surface area (Å²) in [6.07, 6.45) is 0. The van der Waals surface area contributed by atoms with Crippen LogP contribution in [0, 0.1) is 0 Å². The summed E-state index contributed by atoms with van der Waals surface area (Å²) in [7, 11) is -3.70. The van der Waals surface area contributed by atoms with Crippen molar-refractivity contribution in [3.63, 3.8) is 0 Å². The maximum atomic E-state index is 11.1. The maximum Gasteiger partial charge on any atom is 0.238 e. The van der Waals surface area contributed by atoms with E-state index < -0.39 is 10.0 Å². The Kier molecular flexibility index (Phi) is 3.82. The monoisotopic (exact) mass is 294 g/mol. The Bertz CT molecular complexity index is 712. The predicted molar refractivity (Wildman–Crippen MR) is 74.9 cm³/mol. The third-order valence-corrected chi connectivity index (χ3v) is 3.69. The summed E-state index contributed by atoms with van der Waals surface area (Å²) >= 11 is 0. The van der Waals surface area contributed by atoms with Gasteiger partial charge in [0.05, 0.1) is 4.90 Å². The minimum Gasteiger partial charge on any atom is -0.504 e. The quantitative estimate of drug-likeness (QED) is 0.636. The van der Waals surface area contributed by atoms with E-state index in [0.29, 0.717) is 11.3 Å². The Morgan fingerprint density at radius 3 is 2.30 bits per heavy atom. The molecule has 0 aliphatic rings. The molecule has 0 aliphatic carbocycles. The molecule has 0 bridgehead atoms. The predicted octanol–water partition coefficient (Wildman–Crippen LogP) is 1.36. The van der Waals surface area contributed by atoms with Gasteiger partial charge < -0.3 is 15.5 Å². The Morgan fingerprint density at radius 1 is 1.05 bits per heavy atom. The van der Waals surface area contributed by atoms with Crippen LogP contribution in [0.5, 0.6) is 11.5 Å². The summed E-state index contributed by atoms with van der Waals surface area (Å²) in [6.45, 7) is 0.287. The molecule has 0 unspecified atom stereocenters. The molecule has 2 rings (SSSR count). The molecule has 2 aromatic carbocycles. The fourth-order valence-electron chi connectivity index (χ4n) is 1.68. The number of hydrogen-bond acceptors (Lipinski definition) is 5. The van der Waals surface area contributed by atoms with Gasteiger partial charge in [0.2, 0.25) is 10.0 Å². The van der Waals surface area contributed by atoms with E-state index in [1.807, 2.05) is 0 Å². The highest BCUT2D eigenvalue weighted by molar-refractivity contribution is 7.89. The van der Waals surface area contributed by atoms with Gasteiger partial charge in [0.25, 0.3) is 0 Å². The molecule has 20 heavy (non-hydrogen) atoms. The number of primary sulfonamides is 1. The lowest BCUT2D eigenvalue weighted by Gasteiger charge is -2.09. The van der Waals surface area contributed by atoms with E-state index in [0.717, 1.165) is 0 Å². The number of nitrogens with one attached hydrogen (secondary N) is 1. The van der Waals surface area contributed by atoms with Crippen molar-refractivity contribution in [2.24, 2.45) is 5.14 Å². The normalized spacial score (nSPS) is 11.2. The van der Waals surface area contributed by atoms with Gasteiger partial charge in [0.1, 0.15) is 0 Å². The van der Waals surface area contributed by atoms with Gasteiger partial charge in [-0.25, -0.2) is 13.6 Å². The highest BCUT2D eigenvalue weighted by Crippen LogP contribution is 2.28. The van der Waals surface area contributed by atoms with Crippen LogP contribution in [0.25, 0.3) is 0 Å². The zero-order chi connectivity index (χ0) is 14.8. The lowest BCUT2D eigenvalue weighted by Crippen LogP contribution is -2.12. The van der Waals surface area contributed by atoms with E-state index >= 15 is 0 Å². The maximum absolute atomic E-state index is 11.1. The van der Waals surface area contributed by atoms with Crippen molar-refractivity contribution in [3.05, 3.63) is 48.0 Å². The molecule has 7 heteroatoms. The fourth-order valence-corrected chi connectivity index (χ4v) is 2.20. The van der Waals surface area contributed by atoms with E-state index in [4.69, 9.17) is 5.14 Å². The summed E-state index contributed by atoms with van der Waals surface area (Å²) in [5, 5.41) is 27.0. The fraction of sp³-hybridized carbons (Fsp3) is 0.0769. The molecule has 2 aromatic rings. The Labute approximate surface area is 116 Å². The van der Waals surface area contributed by atoms with Crippen molar-refractivity contribution >= 4 is 15.7 Å². The summed E-state index contributed by atoms with van der Waals surface area (Å²) in [6, 6.07) is 10.6. The zero-order valence-corrected chi connectivity index (χ0v) is 11.3. The van der Waals surface area contributed by atoms with Crippen molar-refractivity contribution in [2.45, 2.75) is 11.4 Å². The first-order valence-corrected chi connectivity index (χ1v) is 7.29. The molecule has 0 spiro atoms. The van der Waals surface area contributed by atoms with Gasteiger partial charge in [-0.3, -0.25) is 0 Å². The van der Waals surface area contributed by atoms with Crippen molar-refractivity contribution in [1.82, 2.24) is 0 Å². The topological polar surface area (TPSA) is 113 Å². The second-order valence-electron chi connectivity index (χ2n) is 4.21. The standard InChI is InChI=1S/C13H14N2O4S/c14-20(18,19)11-6-4-10(5-7-11)15-8-9-2-1-3-12(16)13(9)17/h1-7,15-17H,8H2,(H2,14,18,19). The van der Waals surface area contributed by atoms with Gasteiger partial charge in [-0.2, -0.15) is 0 Å². The molecule has 0 aliphatic heterocycles. The lowest BCUT2D eigenvalue weighted by molar-refractivity contribution is 0.400. The van der Waals surface area contributed by atoms with Crippen LogP contribution in [-0.2, 0) is 16.6 Å². The number of aromatic hydroxyl groups is 2. The van der Waals surface area contributed by atoms with Gasteiger partial charge in [0, 0.05) is 17.8 Å². The average molecular weight is 294 g/mol. The highest BCUT2D eigenvalue weighted by Gasteiger charge is 2.08. The second kappa shape index (κ2) is 5.40. The molecule has 0 aromatic heterocycles. The van der Waals surface area contributed by atoms with E-state index in [1.54, 1.807) is 24.3 Å². The number of phenolic OH excluding ortho intramolecular Hbond substituents is 2. The molecule has 0 fully saturated rings. The summed E-state index contributed by atoms with van der Waals surface area (Å²) in [5.41, 5.74) is 1.20. The van der Waals surface area contributed by atoms with Gasteiger partial charge in [0.15, 0.2) is 11.5 Å². The SMILES string of the molecule is NS(=O)(=O)c1ccc(NCc2cccc(O)c2O)cc1. The highest BCUT2D eigenvalue weighted by atomic mass is 32.2. The molecule has 106 valence electrons. The second-order valence-corrected chi connectivity index (χ2v) is 5.77. The minimum absolute atomic E-state index is 0.0308. The summed E-state index contributed by atoms with van der Waals surface area (Å²) in [5.74, 6) is -0.366.